The molecular weight excluding hydrogens is 469 g/mol. The van der Waals surface area contributed by atoms with Crippen LogP contribution in [0.5, 0.6) is 0 Å². The van der Waals surface area contributed by atoms with Crippen molar-refractivity contribution in [2.75, 3.05) is 31.5 Å². The number of benzene rings is 2. The fourth-order valence-corrected chi connectivity index (χ4v) is 4.40. The summed E-state index contributed by atoms with van der Waals surface area (Å²) in [4.78, 5) is 25.7. The minimum atomic E-state index is -0.490. The second-order valence-electron chi connectivity index (χ2n) is 10.5. The number of nitrogens with zero attached hydrogens (tertiary/aromatic N) is 4. The Bertz CT molecular complexity index is 1210. The van der Waals surface area contributed by atoms with Crippen LogP contribution in [-0.4, -0.2) is 63.7 Å². The first-order chi connectivity index (χ1) is 17.7. The van der Waals surface area contributed by atoms with Crippen LogP contribution in [0.2, 0.25) is 0 Å². The van der Waals surface area contributed by atoms with Gasteiger partial charge >= 0.3 is 6.09 Å². The smallest absolute Gasteiger partial charge is 0.410 e. The molecule has 1 fully saturated rings. The standard InChI is InChI=1S/C29H36FN5O2/c1-21-19-35(28(36)37-29(2,3)4)16-15-34(21)20-23-8-5-9-24(17-23)26-12-14-32-27(33-26)31-13-11-22-7-6-10-25(30)18-22/h5-10,12,14,17-18,21H,11,13,15-16,19-20H2,1-4H3,(H,31,32,33)/t21-/m0/s1. The van der Waals surface area contributed by atoms with Crippen molar-refractivity contribution in [1.82, 2.24) is 19.8 Å². The number of hydrogen-bond acceptors (Lipinski definition) is 6. The third kappa shape index (κ3) is 7.73. The number of carbonyl (C=O) groups is 1. The molecule has 0 radical (unpaired) electrons. The molecular formula is C29H36FN5O2. The summed E-state index contributed by atoms with van der Waals surface area (Å²) < 4.78 is 18.9. The van der Waals surface area contributed by atoms with Crippen molar-refractivity contribution in [2.45, 2.75) is 52.3 Å². The van der Waals surface area contributed by atoms with Gasteiger partial charge in [-0.2, -0.15) is 0 Å². The third-order valence-corrected chi connectivity index (χ3v) is 6.27. The van der Waals surface area contributed by atoms with E-state index in [-0.39, 0.29) is 18.0 Å². The molecule has 1 saturated heterocycles. The lowest BCUT2D eigenvalue weighted by Gasteiger charge is -2.40. The van der Waals surface area contributed by atoms with Crippen LogP contribution in [0.4, 0.5) is 15.1 Å². The Balaban J connectivity index is 1.35. The van der Waals surface area contributed by atoms with Crippen LogP contribution >= 0.6 is 0 Å². The zero-order valence-electron chi connectivity index (χ0n) is 22.1. The molecule has 1 amide bonds. The number of carbonyl (C=O) groups excluding carboxylic acids is 1. The molecule has 1 N–H and O–H groups in total. The Morgan fingerprint density at radius 1 is 1.11 bits per heavy atom. The Labute approximate surface area is 218 Å². The van der Waals surface area contributed by atoms with Crippen molar-refractivity contribution in [3.8, 4) is 11.3 Å². The molecule has 0 aliphatic carbocycles. The van der Waals surface area contributed by atoms with Gasteiger partial charge in [-0.25, -0.2) is 19.2 Å². The average molecular weight is 506 g/mol. The van der Waals surface area contributed by atoms with Gasteiger partial charge in [-0.05, 0) is 69.5 Å². The molecule has 3 aromatic rings. The molecule has 0 spiro atoms. The Kier molecular flexibility index (Phi) is 8.38. The van der Waals surface area contributed by atoms with Crippen molar-refractivity contribution < 1.29 is 13.9 Å². The maximum atomic E-state index is 13.4. The minimum Gasteiger partial charge on any atom is -0.444 e. The molecule has 0 unspecified atom stereocenters. The zero-order chi connectivity index (χ0) is 26.4. The predicted octanol–water partition coefficient (Wildman–Crippen LogP) is 5.38. The zero-order valence-corrected chi connectivity index (χ0v) is 22.1. The van der Waals surface area contributed by atoms with E-state index in [1.54, 1.807) is 23.2 Å². The maximum Gasteiger partial charge on any atom is 0.410 e. The highest BCUT2D eigenvalue weighted by molar-refractivity contribution is 5.68. The van der Waals surface area contributed by atoms with Gasteiger partial charge in [0.25, 0.3) is 0 Å². The molecule has 7 nitrogen and oxygen atoms in total. The summed E-state index contributed by atoms with van der Waals surface area (Å²) in [6, 6.07) is 17.1. The molecule has 0 saturated carbocycles. The summed E-state index contributed by atoms with van der Waals surface area (Å²) in [6.45, 7) is 11.3. The molecule has 2 heterocycles. The number of nitrogens with one attached hydrogen (secondary N) is 1. The Morgan fingerprint density at radius 2 is 1.89 bits per heavy atom. The Morgan fingerprint density at radius 3 is 2.65 bits per heavy atom. The first kappa shape index (κ1) is 26.5. The van der Waals surface area contributed by atoms with Gasteiger partial charge in [0.2, 0.25) is 5.95 Å². The quantitative estimate of drug-likeness (QED) is 0.465. The number of ether oxygens (including phenoxy) is 1. The number of anilines is 1. The SMILES string of the molecule is C[C@H]1CN(C(=O)OC(C)(C)C)CCN1Cc1cccc(-c2ccnc(NCCc3cccc(F)c3)n2)c1. The monoisotopic (exact) mass is 505 g/mol. The topological polar surface area (TPSA) is 70.6 Å². The van der Waals surface area contributed by atoms with Crippen LogP contribution in [0.15, 0.2) is 60.8 Å². The van der Waals surface area contributed by atoms with E-state index >= 15 is 0 Å². The number of piperazine rings is 1. The summed E-state index contributed by atoms with van der Waals surface area (Å²) in [6.07, 6.45) is 2.18. The number of rotatable bonds is 7. The van der Waals surface area contributed by atoms with E-state index in [1.807, 2.05) is 45.0 Å². The van der Waals surface area contributed by atoms with E-state index in [2.05, 4.69) is 39.2 Å². The van der Waals surface area contributed by atoms with Crippen LogP contribution in [0.3, 0.4) is 0 Å². The van der Waals surface area contributed by atoms with Crippen molar-refractivity contribution in [2.24, 2.45) is 0 Å². The first-order valence-corrected chi connectivity index (χ1v) is 12.8. The van der Waals surface area contributed by atoms with Gasteiger partial charge in [-0.1, -0.05) is 30.3 Å². The van der Waals surface area contributed by atoms with Crippen molar-refractivity contribution in [3.05, 3.63) is 77.7 Å². The van der Waals surface area contributed by atoms with E-state index in [9.17, 15) is 9.18 Å². The third-order valence-electron chi connectivity index (χ3n) is 6.27. The summed E-state index contributed by atoms with van der Waals surface area (Å²) >= 11 is 0. The highest BCUT2D eigenvalue weighted by atomic mass is 19.1. The van der Waals surface area contributed by atoms with Gasteiger partial charge in [0, 0.05) is 50.5 Å². The van der Waals surface area contributed by atoms with E-state index < -0.39 is 5.60 Å². The molecule has 8 heteroatoms. The molecule has 1 aromatic heterocycles. The number of halogens is 1. The van der Waals surface area contributed by atoms with E-state index in [4.69, 9.17) is 4.74 Å². The predicted molar refractivity (Wildman–Crippen MR) is 144 cm³/mol. The van der Waals surface area contributed by atoms with Crippen LogP contribution in [-0.2, 0) is 17.7 Å². The molecule has 4 rings (SSSR count). The maximum absolute atomic E-state index is 13.4. The van der Waals surface area contributed by atoms with Gasteiger partial charge in [-0.3, -0.25) is 4.90 Å². The molecule has 2 aromatic carbocycles. The van der Waals surface area contributed by atoms with E-state index in [0.717, 1.165) is 29.9 Å². The molecule has 1 atom stereocenters. The lowest BCUT2D eigenvalue weighted by Crippen LogP contribution is -2.54. The minimum absolute atomic E-state index is 0.220. The summed E-state index contributed by atoms with van der Waals surface area (Å²) in [5, 5.41) is 3.24. The van der Waals surface area contributed by atoms with Crippen molar-refractivity contribution in [1.29, 1.82) is 0 Å². The second kappa shape index (κ2) is 11.7. The summed E-state index contributed by atoms with van der Waals surface area (Å²) in [5.41, 5.74) is 3.49. The molecule has 37 heavy (non-hydrogen) atoms. The molecule has 0 bridgehead atoms. The van der Waals surface area contributed by atoms with Crippen LogP contribution in [0.1, 0.15) is 38.8 Å². The van der Waals surface area contributed by atoms with Crippen molar-refractivity contribution >= 4 is 12.0 Å². The van der Waals surface area contributed by atoms with Crippen LogP contribution in [0.25, 0.3) is 11.3 Å². The average Bonchev–Trinajstić information content (AvgIpc) is 2.85. The molecule has 1 aliphatic heterocycles. The largest absolute Gasteiger partial charge is 0.444 e. The normalized spacial score (nSPS) is 16.5. The highest BCUT2D eigenvalue weighted by Gasteiger charge is 2.29. The lowest BCUT2D eigenvalue weighted by molar-refractivity contribution is 0.00461. The molecule has 196 valence electrons. The van der Waals surface area contributed by atoms with Gasteiger partial charge in [0.15, 0.2) is 0 Å². The van der Waals surface area contributed by atoms with E-state index in [1.165, 1.54) is 11.6 Å². The lowest BCUT2D eigenvalue weighted by atomic mass is 10.1. The number of hydrogen-bond donors (Lipinski definition) is 1. The van der Waals surface area contributed by atoms with Gasteiger partial charge in [-0.15, -0.1) is 0 Å². The summed E-state index contributed by atoms with van der Waals surface area (Å²) in [7, 11) is 0. The second-order valence-corrected chi connectivity index (χ2v) is 10.5. The number of amides is 1. The summed E-state index contributed by atoms with van der Waals surface area (Å²) in [5.74, 6) is 0.320. The fraction of sp³-hybridized carbons (Fsp3) is 0.414. The van der Waals surface area contributed by atoms with E-state index in [0.29, 0.717) is 32.0 Å². The van der Waals surface area contributed by atoms with Gasteiger partial charge in [0.1, 0.15) is 11.4 Å². The highest BCUT2D eigenvalue weighted by Crippen LogP contribution is 2.22. The molecule has 1 aliphatic rings. The van der Waals surface area contributed by atoms with Gasteiger partial charge < -0.3 is 15.0 Å². The van der Waals surface area contributed by atoms with Crippen molar-refractivity contribution in [3.63, 3.8) is 0 Å². The first-order valence-electron chi connectivity index (χ1n) is 12.8. The van der Waals surface area contributed by atoms with Crippen LogP contribution in [0, 0.1) is 5.82 Å². The Hall–Kier alpha value is -3.52. The fourth-order valence-electron chi connectivity index (χ4n) is 4.40. The van der Waals surface area contributed by atoms with Gasteiger partial charge in [0.05, 0.1) is 5.69 Å². The number of aromatic nitrogens is 2. The van der Waals surface area contributed by atoms with Crippen LogP contribution < -0.4 is 5.32 Å².